The lowest BCUT2D eigenvalue weighted by atomic mass is 9.96. The second-order valence-corrected chi connectivity index (χ2v) is 7.21. The number of nitrogens with zero attached hydrogens (tertiary/aromatic N) is 3. The Balaban J connectivity index is 0.00000243. The number of guanidine groups is 1. The molecule has 0 bridgehead atoms. The van der Waals surface area contributed by atoms with Gasteiger partial charge in [0.1, 0.15) is 0 Å². The molecule has 1 fully saturated rings. The van der Waals surface area contributed by atoms with E-state index in [1.165, 1.54) is 24.0 Å². The summed E-state index contributed by atoms with van der Waals surface area (Å²) in [4.78, 5) is 4.33. The van der Waals surface area contributed by atoms with Crippen LogP contribution in [0.5, 0.6) is 0 Å². The molecule has 0 radical (unpaired) electrons. The fourth-order valence-electron chi connectivity index (χ4n) is 3.11. The fraction of sp³-hybridized carbons (Fsp3) is 0.474. The lowest BCUT2D eigenvalue weighted by Crippen LogP contribution is -2.41. The second-order valence-electron chi connectivity index (χ2n) is 6.77. The number of aromatic nitrogens is 2. The fourth-order valence-corrected chi connectivity index (χ4v) is 3.30. The van der Waals surface area contributed by atoms with Crippen LogP contribution in [0, 0.1) is 0 Å². The molecule has 26 heavy (non-hydrogen) atoms. The van der Waals surface area contributed by atoms with Gasteiger partial charge in [-0.3, -0.25) is 9.67 Å². The summed E-state index contributed by atoms with van der Waals surface area (Å²) < 4.78 is 1.84. The van der Waals surface area contributed by atoms with E-state index in [1.807, 2.05) is 37.1 Å². The highest BCUT2D eigenvalue weighted by Crippen LogP contribution is 2.48. The number of hydrogen-bond donors (Lipinski definition) is 2. The Bertz CT molecular complexity index is 739. The van der Waals surface area contributed by atoms with Crippen molar-refractivity contribution in [3.8, 4) is 0 Å². The molecule has 1 aromatic carbocycles. The van der Waals surface area contributed by atoms with Crippen molar-refractivity contribution in [2.45, 2.75) is 31.1 Å². The molecule has 1 aliphatic rings. The monoisotopic (exact) mass is 487 g/mol. The van der Waals surface area contributed by atoms with Crippen LogP contribution in [-0.4, -0.2) is 35.9 Å². The average Bonchev–Trinajstić information content (AvgIpc) is 3.29. The van der Waals surface area contributed by atoms with E-state index in [9.17, 15) is 0 Å². The van der Waals surface area contributed by atoms with Gasteiger partial charge in [-0.25, -0.2) is 0 Å². The summed E-state index contributed by atoms with van der Waals surface area (Å²) >= 11 is 6.14. The van der Waals surface area contributed by atoms with E-state index in [2.05, 4.69) is 39.1 Å². The van der Waals surface area contributed by atoms with Crippen molar-refractivity contribution in [3.05, 3.63) is 52.8 Å². The first kappa shape index (κ1) is 21.0. The van der Waals surface area contributed by atoms with Crippen LogP contribution in [0.15, 0.2) is 41.7 Å². The largest absolute Gasteiger partial charge is 0.356 e. The number of hydrogen-bond acceptors (Lipinski definition) is 2. The summed E-state index contributed by atoms with van der Waals surface area (Å²) in [5.41, 5.74) is 2.79. The maximum atomic E-state index is 6.14. The molecule has 0 amide bonds. The highest BCUT2D eigenvalue weighted by Gasteiger charge is 2.44. The van der Waals surface area contributed by atoms with E-state index in [0.29, 0.717) is 0 Å². The van der Waals surface area contributed by atoms with Crippen molar-refractivity contribution in [1.29, 1.82) is 0 Å². The van der Waals surface area contributed by atoms with Gasteiger partial charge >= 0.3 is 0 Å². The molecule has 0 saturated heterocycles. The van der Waals surface area contributed by atoms with Crippen molar-refractivity contribution < 1.29 is 0 Å². The maximum Gasteiger partial charge on any atom is 0.191 e. The highest BCUT2D eigenvalue weighted by molar-refractivity contribution is 14.0. The molecule has 0 unspecified atom stereocenters. The summed E-state index contributed by atoms with van der Waals surface area (Å²) in [5.74, 6) is 0.861. The first-order valence-electron chi connectivity index (χ1n) is 8.79. The molecule has 1 aromatic heterocycles. The minimum absolute atomic E-state index is 0. The molecule has 142 valence electrons. The van der Waals surface area contributed by atoms with Gasteiger partial charge in [0.2, 0.25) is 0 Å². The van der Waals surface area contributed by atoms with Crippen LogP contribution in [0.25, 0.3) is 0 Å². The Kier molecular flexibility index (Phi) is 7.76. The van der Waals surface area contributed by atoms with Gasteiger partial charge < -0.3 is 10.6 Å². The molecule has 3 rings (SSSR count). The molecule has 1 heterocycles. The van der Waals surface area contributed by atoms with E-state index >= 15 is 0 Å². The summed E-state index contributed by atoms with van der Waals surface area (Å²) in [6.45, 7) is 1.77. The predicted octanol–water partition coefficient (Wildman–Crippen LogP) is 3.52. The Morgan fingerprint density at radius 3 is 2.77 bits per heavy atom. The van der Waals surface area contributed by atoms with Crippen LogP contribution in [-0.2, 0) is 18.9 Å². The lowest BCUT2D eigenvalue weighted by molar-refractivity contribution is 0.642. The highest BCUT2D eigenvalue weighted by atomic mass is 127. The molecule has 0 spiro atoms. The number of rotatable bonds is 7. The van der Waals surface area contributed by atoms with Crippen molar-refractivity contribution in [2.24, 2.45) is 12.0 Å². The maximum absolute atomic E-state index is 6.14. The van der Waals surface area contributed by atoms with Crippen molar-refractivity contribution >= 4 is 41.5 Å². The minimum Gasteiger partial charge on any atom is -0.356 e. The molecule has 1 aliphatic carbocycles. The van der Waals surface area contributed by atoms with Gasteiger partial charge in [0.05, 0.1) is 6.20 Å². The van der Waals surface area contributed by atoms with Crippen LogP contribution in [0.3, 0.4) is 0 Å². The zero-order chi connectivity index (χ0) is 17.7. The van der Waals surface area contributed by atoms with Crippen LogP contribution in [0.1, 0.15) is 30.4 Å². The quantitative estimate of drug-likeness (QED) is 0.272. The van der Waals surface area contributed by atoms with Crippen LogP contribution < -0.4 is 10.6 Å². The van der Waals surface area contributed by atoms with Gasteiger partial charge in [-0.2, -0.15) is 5.10 Å². The molecule has 2 aromatic rings. The minimum atomic E-state index is 0. The van der Waals surface area contributed by atoms with Crippen LogP contribution in [0.4, 0.5) is 0 Å². The molecular weight excluding hydrogens is 461 g/mol. The van der Waals surface area contributed by atoms with E-state index < -0.39 is 0 Å². The van der Waals surface area contributed by atoms with E-state index in [0.717, 1.165) is 36.9 Å². The molecule has 0 atom stereocenters. The number of nitrogens with one attached hydrogen (secondary N) is 2. The average molecular weight is 488 g/mol. The van der Waals surface area contributed by atoms with E-state index in [-0.39, 0.29) is 29.4 Å². The first-order valence-corrected chi connectivity index (χ1v) is 9.17. The zero-order valence-corrected chi connectivity index (χ0v) is 18.4. The van der Waals surface area contributed by atoms with Crippen molar-refractivity contribution in [3.63, 3.8) is 0 Å². The SMILES string of the molecule is CN=C(NCCCc1cnn(C)c1)NCC1(c2cccc(Cl)c2)CC1.I. The predicted molar refractivity (Wildman–Crippen MR) is 119 cm³/mol. The number of aryl methyl sites for hydroxylation is 2. The third-order valence-corrected chi connectivity index (χ3v) is 5.04. The smallest absolute Gasteiger partial charge is 0.191 e. The summed E-state index contributed by atoms with van der Waals surface area (Å²) in [6.07, 6.45) is 8.44. The van der Waals surface area contributed by atoms with Crippen LogP contribution in [0.2, 0.25) is 5.02 Å². The Morgan fingerprint density at radius 1 is 1.35 bits per heavy atom. The summed E-state index contributed by atoms with van der Waals surface area (Å²) in [7, 11) is 3.76. The topological polar surface area (TPSA) is 54.2 Å². The molecular formula is C19H27ClIN5. The third-order valence-electron chi connectivity index (χ3n) is 4.80. The third kappa shape index (κ3) is 5.61. The number of aliphatic imine (C=N–C) groups is 1. The van der Waals surface area contributed by atoms with Gasteiger partial charge in [-0.15, -0.1) is 24.0 Å². The van der Waals surface area contributed by atoms with Gasteiger partial charge in [-0.1, -0.05) is 23.7 Å². The Hall–Kier alpha value is -1.28. The number of benzene rings is 1. The first-order chi connectivity index (χ1) is 12.1. The van der Waals surface area contributed by atoms with Crippen molar-refractivity contribution in [1.82, 2.24) is 20.4 Å². The summed E-state index contributed by atoms with van der Waals surface area (Å²) in [6, 6.07) is 8.21. The van der Waals surface area contributed by atoms with Gasteiger partial charge in [0, 0.05) is 43.8 Å². The zero-order valence-electron chi connectivity index (χ0n) is 15.3. The Labute approximate surface area is 177 Å². The standard InChI is InChI=1S/C19H26ClN5.HI/c1-21-18(22-10-4-5-15-12-24-25(2)13-15)23-14-19(8-9-19)16-6-3-7-17(20)11-16;/h3,6-7,11-13H,4-5,8-10,14H2,1-2H3,(H2,21,22,23);1H. The molecule has 1 saturated carbocycles. The van der Waals surface area contributed by atoms with Gasteiger partial charge in [0.15, 0.2) is 5.96 Å². The number of halogens is 2. The molecule has 2 N–H and O–H groups in total. The lowest BCUT2D eigenvalue weighted by Gasteiger charge is -2.19. The van der Waals surface area contributed by atoms with Crippen molar-refractivity contribution in [2.75, 3.05) is 20.1 Å². The normalized spacial score (nSPS) is 15.3. The molecule has 7 heteroatoms. The second kappa shape index (κ2) is 9.60. The van der Waals surface area contributed by atoms with Gasteiger partial charge in [0.25, 0.3) is 0 Å². The van der Waals surface area contributed by atoms with Gasteiger partial charge in [-0.05, 0) is 48.9 Å². The van der Waals surface area contributed by atoms with Crippen LogP contribution >= 0.6 is 35.6 Å². The Morgan fingerprint density at radius 2 is 2.15 bits per heavy atom. The molecule has 5 nitrogen and oxygen atoms in total. The van der Waals surface area contributed by atoms with E-state index in [4.69, 9.17) is 11.6 Å². The summed E-state index contributed by atoms with van der Waals surface area (Å²) in [5, 5.41) is 11.9. The molecule has 0 aliphatic heterocycles. The van der Waals surface area contributed by atoms with E-state index in [1.54, 1.807) is 0 Å².